The second-order valence-electron chi connectivity index (χ2n) is 10.5. The number of nitrogens with one attached hydrogen (secondary N) is 1. The summed E-state index contributed by atoms with van der Waals surface area (Å²) in [4.78, 5) is 16.9. The first-order valence-electron chi connectivity index (χ1n) is 13.2. The number of hydrogen-bond donors (Lipinski definition) is 2. The van der Waals surface area contributed by atoms with Gasteiger partial charge in [0.05, 0.1) is 22.5 Å². The lowest BCUT2D eigenvalue weighted by Crippen LogP contribution is -2.39. The number of alkyl halides is 3. The van der Waals surface area contributed by atoms with Crippen molar-refractivity contribution in [1.29, 1.82) is 0 Å². The minimum absolute atomic E-state index is 0.0260. The van der Waals surface area contributed by atoms with Crippen molar-refractivity contribution < 1.29 is 27.8 Å². The molecule has 1 heterocycles. The van der Waals surface area contributed by atoms with Crippen molar-refractivity contribution in [2.24, 2.45) is 5.41 Å². The van der Waals surface area contributed by atoms with Crippen LogP contribution in [0.3, 0.4) is 0 Å². The van der Waals surface area contributed by atoms with Crippen LogP contribution in [0.4, 0.5) is 24.8 Å². The maximum atomic E-state index is 12.6. The number of halogens is 3. The molecule has 0 amide bonds. The predicted molar refractivity (Wildman–Crippen MR) is 141 cm³/mol. The number of carboxylic acids is 1. The Hall–Kier alpha value is -4.01. The first kappa shape index (κ1) is 25.3. The third-order valence-electron chi connectivity index (χ3n) is 8.05. The molecule has 6 nitrogen and oxygen atoms in total. The fraction of sp³-hybridized carbons (Fsp3) is 0.333. The molecule has 1 fully saturated rings. The van der Waals surface area contributed by atoms with Crippen molar-refractivity contribution in [3.8, 4) is 5.75 Å². The lowest BCUT2D eigenvalue weighted by atomic mass is 9.65. The van der Waals surface area contributed by atoms with Crippen LogP contribution in [0.25, 0.3) is 11.0 Å². The van der Waals surface area contributed by atoms with Gasteiger partial charge in [-0.1, -0.05) is 36.8 Å². The van der Waals surface area contributed by atoms with Crippen molar-refractivity contribution in [2.45, 2.75) is 57.3 Å². The summed E-state index contributed by atoms with van der Waals surface area (Å²) in [7, 11) is 0. The number of carboxylic acid groups (broad SMARTS) is 1. The molecular formula is C30H28F3N3O3. The summed E-state index contributed by atoms with van der Waals surface area (Å²) >= 11 is 0. The van der Waals surface area contributed by atoms with Crippen molar-refractivity contribution in [3.05, 3.63) is 83.4 Å². The molecular weight excluding hydrogens is 507 g/mol. The Morgan fingerprint density at radius 3 is 2.54 bits per heavy atom. The summed E-state index contributed by atoms with van der Waals surface area (Å²) in [5.74, 6) is -0.473. The Kier molecular flexibility index (Phi) is 6.24. The molecule has 1 atom stereocenters. The van der Waals surface area contributed by atoms with Gasteiger partial charge in [0.1, 0.15) is 5.75 Å². The topological polar surface area (TPSA) is 76.4 Å². The fourth-order valence-corrected chi connectivity index (χ4v) is 5.98. The number of aliphatic carboxylic acids is 1. The molecule has 39 heavy (non-hydrogen) atoms. The number of hydrogen-bond acceptors (Lipinski definition) is 4. The molecule has 0 saturated heterocycles. The number of fused-ring (bicyclic) bond motifs is 2. The van der Waals surface area contributed by atoms with E-state index < -0.39 is 17.7 Å². The SMILES string of the molecule is O=C(O)C1(Cc2ccc3c(c2)nc(Nc2ccc(OC(F)(F)F)cc2)n3[C@@H]2CCCc3ccccc32)CCC1. The third-order valence-corrected chi connectivity index (χ3v) is 8.05. The molecule has 0 bridgehead atoms. The van der Waals surface area contributed by atoms with Crippen LogP contribution in [0.5, 0.6) is 5.75 Å². The monoisotopic (exact) mass is 535 g/mol. The Balaban J connectivity index is 1.39. The zero-order chi connectivity index (χ0) is 27.2. The molecule has 0 radical (unpaired) electrons. The molecule has 2 N–H and O–H groups in total. The molecule has 3 aromatic carbocycles. The minimum Gasteiger partial charge on any atom is -0.481 e. The van der Waals surface area contributed by atoms with Gasteiger partial charge in [-0.05, 0) is 91.6 Å². The summed E-state index contributed by atoms with van der Waals surface area (Å²) in [6, 6.07) is 19.9. The summed E-state index contributed by atoms with van der Waals surface area (Å²) < 4.78 is 44.0. The van der Waals surface area contributed by atoms with Crippen molar-refractivity contribution in [3.63, 3.8) is 0 Å². The fourth-order valence-electron chi connectivity index (χ4n) is 5.98. The van der Waals surface area contributed by atoms with Gasteiger partial charge < -0.3 is 19.7 Å². The number of aromatic nitrogens is 2. The number of anilines is 2. The molecule has 6 rings (SSSR count). The summed E-state index contributed by atoms with van der Waals surface area (Å²) in [6.07, 6.45) is 0.912. The molecule has 202 valence electrons. The first-order chi connectivity index (χ1) is 18.7. The van der Waals surface area contributed by atoms with Crippen LogP contribution in [0, 0.1) is 5.41 Å². The van der Waals surface area contributed by atoms with E-state index in [1.807, 2.05) is 30.3 Å². The largest absolute Gasteiger partial charge is 0.573 e. The average Bonchev–Trinajstić information content (AvgIpc) is 3.22. The summed E-state index contributed by atoms with van der Waals surface area (Å²) in [5.41, 5.74) is 4.97. The highest BCUT2D eigenvalue weighted by atomic mass is 19.4. The van der Waals surface area contributed by atoms with Gasteiger partial charge in [0.2, 0.25) is 5.95 Å². The molecule has 1 aromatic heterocycles. The lowest BCUT2D eigenvalue weighted by Gasteiger charge is -2.37. The zero-order valence-electron chi connectivity index (χ0n) is 21.2. The number of rotatable bonds is 7. The quantitative estimate of drug-likeness (QED) is 0.258. The second kappa shape index (κ2) is 9.63. The van der Waals surface area contributed by atoms with E-state index in [1.54, 1.807) is 0 Å². The van der Waals surface area contributed by atoms with Gasteiger partial charge in [-0.15, -0.1) is 13.2 Å². The van der Waals surface area contributed by atoms with Crippen LogP contribution in [-0.4, -0.2) is 27.0 Å². The van der Waals surface area contributed by atoms with Crippen molar-refractivity contribution >= 4 is 28.6 Å². The first-order valence-corrected chi connectivity index (χ1v) is 13.2. The van der Waals surface area contributed by atoms with Gasteiger partial charge >= 0.3 is 12.3 Å². The number of nitrogens with zero attached hydrogens (tertiary/aromatic N) is 2. The summed E-state index contributed by atoms with van der Waals surface area (Å²) in [6.45, 7) is 0. The lowest BCUT2D eigenvalue weighted by molar-refractivity contribution is -0.274. The standard InChI is InChI=1S/C30H28F3N3O3/c31-30(32,33)39-22-12-10-21(11-13-22)34-28-35-24-17-19(18-29(27(37)38)15-4-16-29)9-14-26(24)36(28)25-8-3-6-20-5-1-2-7-23(20)25/h1-2,5,7,9-14,17,25H,3-4,6,8,15-16,18H2,(H,34,35)(H,37,38)/t25-/m1/s1. The Morgan fingerprint density at radius 1 is 1.08 bits per heavy atom. The highest BCUT2D eigenvalue weighted by Crippen LogP contribution is 2.45. The van der Waals surface area contributed by atoms with Crippen molar-refractivity contribution in [2.75, 3.05) is 5.32 Å². The van der Waals surface area contributed by atoms with E-state index in [4.69, 9.17) is 4.98 Å². The van der Waals surface area contributed by atoms with E-state index in [0.717, 1.165) is 42.3 Å². The maximum absolute atomic E-state index is 12.6. The van der Waals surface area contributed by atoms with E-state index in [2.05, 4.69) is 26.8 Å². The van der Waals surface area contributed by atoms with Crippen LogP contribution in [0.2, 0.25) is 0 Å². The van der Waals surface area contributed by atoms with Gasteiger partial charge in [0.25, 0.3) is 0 Å². The molecule has 0 unspecified atom stereocenters. The van der Waals surface area contributed by atoms with Crippen molar-refractivity contribution in [1.82, 2.24) is 9.55 Å². The normalized spacial score (nSPS) is 18.3. The number of aryl methyl sites for hydroxylation is 1. The molecule has 2 aliphatic rings. The average molecular weight is 536 g/mol. The maximum Gasteiger partial charge on any atom is 0.573 e. The van der Waals surface area contributed by atoms with E-state index in [9.17, 15) is 23.1 Å². The molecule has 0 aliphatic heterocycles. The summed E-state index contributed by atoms with van der Waals surface area (Å²) in [5, 5.41) is 13.1. The highest BCUT2D eigenvalue weighted by Gasteiger charge is 2.44. The number of ether oxygens (including phenoxy) is 1. The van der Waals surface area contributed by atoms with Crippen LogP contribution in [0.15, 0.2) is 66.7 Å². The number of benzene rings is 3. The van der Waals surface area contributed by atoms with E-state index in [0.29, 0.717) is 30.9 Å². The Morgan fingerprint density at radius 2 is 1.85 bits per heavy atom. The minimum atomic E-state index is -4.76. The molecule has 0 spiro atoms. The Bertz CT molecular complexity index is 1520. The molecule has 1 saturated carbocycles. The molecule has 4 aromatic rings. The van der Waals surface area contributed by atoms with Gasteiger partial charge in [0.15, 0.2) is 0 Å². The van der Waals surface area contributed by atoms with Gasteiger partial charge in [0, 0.05) is 5.69 Å². The van der Waals surface area contributed by atoms with Gasteiger partial charge in [-0.2, -0.15) is 0 Å². The third kappa shape index (κ3) is 4.93. The highest BCUT2D eigenvalue weighted by molar-refractivity contribution is 5.82. The number of carbonyl (C=O) groups is 1. The van der Waals surface area contributed by atoms with E-state index in [1.165, 1.54) is 35.4 Å². The van der Waals surface area contributed by atoms with Gasteiger partial charge in [-0.25, -0.2) is 4.98 Å². The van der Waals surface area contributed by atoms with E-state index in [-0.39, 0.29) is 11.8 Å². The molecule has 9 heteroatoms. The smallest absolute Gasteiger partial charge is 0.481 e. The van der Waals surface area contributed by atoms with Gasteiger partial charge in [-0.3, -0.25) is 4.79 Å². The molecule has 2 aliphatic carbocycles. The Labute approximate surface area is 223 Å². The van der Waals surface area contributed by atoms with Crippen LogP contribution in [0.1, 0.15) is 54.8 Å². The van der Waals surface area contributed by atoms with Crippen LogP contribution >= 0.6 is 0 Å². The second-order valence-corrected chi connectivity index (χ2v) is 10.5. The van der Waals surface area contributed by atoms with E-state index >= 15 is 0 Å². The zero-order valence-corrected chi connectivity index (χ0v) is 21.2. The van der Waals surface area contributed by atoms with Crippen LogP contribution in [-0.2, 0) is 17.6 Å². The predicted octanol–water partition coefficient (Wildman–Crippen LogP) is 7.40. The number of imidazole rings is 1. The van der Waals surface area contributed by atoms with Crippen LogP contribution < -0.4 is 10.1 Å².